The quantitative estimate of drug-likeness (QED) is 0.599. The van der Waals surface area contributed by atoms with Crippen LogP contribution in [-0.4, -0.2) is 31.5 Å². The third kappa shape index (κ3) is 5.44. The van der Waals surface area contributed by atoms with Crippen LogP contribution in [-0.2, 0) is 17.5 Å². The highest BCUT2D eigenvalue weighted by molar-refractivity contribution is 5.27. The molecule has 0 amide bonds. The smallest absolute Gasteiger partial charge is 0.391 e. The molecule has 0 aliphatic carbocycles. The minimum absolute atomic E-state index is 0.170. The maximum atomic E-state index is 13.1. The lowest BCUT2D eigenvalue weighted by molar-refractivity contribution is -0.140. The molecule has 20 heavy (non-hydrogen) atoms. The SMILES string of the molecule is COCC(O)CCNCc1ccc(F)c(C(F)(F)F)c1. The van der Waals surface area contributed by atoms with E-state index >= 15 is 0 Å². The molecule has 0 radical (unpaired) electrons. The Hall–Kier alpha value is -1.18. The first-order valence-electron chi connectivity index (χ1n) is 6.08. The molecular weight excluding hydrogens is 278 g/mol. The third-order valence-corrected chi connectivity index (χ3v) is 2.68. The highest BCUT2D eigenvalue weighted by atomic mass is 19.4. The molecule has 0 bridgehead atoms. The van der Waals surface area contributed by atoms with Crippen LogP contribution < -0.4 is 5.32 Å². The molecule has 1 rings (SSSR count). The Balaban J connectivity index is 2.49. The molecule has 0 spiro atoms. The monoisotopic (exact) mass is 295 g/mol. The minimum Gasteiger partial charge on any atom is -0.391 e. The van der Waals surface area contributed by atoms with Crippen molar-refractivity contribution in [3.8, 4) is 0 Å². The lowest BCUT2D eigenvalue weighted by Gasteiger charge is -2.12. The van der Waals surface area contributed by atoms with Crippen LogP contribution in [0.25, 0.3) is 0 Å². The summed E-state index contributed by atoms with van der Waals surface area (Å²) in [5.41, 5.74) is -0.934. The van der Waals surface area contributed by atoms with Gasteiger partial charge in [-0.05, 0) is 30.7 Å². The van der Waals surface area contributed by atoms with Gasteiger partial charge < -0.3 is 15.2 Å². The summed E-state index contributed by atoms with van der Waals surface area (Å²) in [5.74, 6) is -1.28. The summed E-state index contributed by atoms with van der Waals surface area (Å²) in [6, 6.07) is 2.89. The lowest BCUT2D eigenvalue weighted by atomic mass is 10.1. The molecule has 1 aromatic rings. The van der Waals surface area contributed by atoms with E-state index in [-0.39, 0.29) is 13.2 Å². The van der Waals surface area contributed by atoms with E-state index in [9.17, 15) is 22.7 Å². The van der Waals surface area contributed by atoms with Crippen LogP contribution in [0, 0.1) is 5.82 Å². The molecule has 1 aromatic carbocycles. The van der Waals surface area contributed by atoms with Gasteiger partial charge in [0.1, 0.15) is 5.82 Å². The van der Waals surface area contributed by atoms with Crippen LogP contribution in [0.2, 0.25) is 0 Å². The van der Waals surface area contributed by atoms with E-state index < -0.39 is 23.7 Å². The molecule has 1 atom stereocenters. The molecule has 0 fully saturated rings. The summed E-state index contributed by atoms with van der Waals surface area (Å²) in [4.78, 5) is 0. The second-order valence-electron chi connectivity index (χ2n) is 4.39. The largest absolute Gasteiger partial charge is 0.419 e. The van der Waals surface area contributed by atoms with Crippen molar-refractivity contribution in [2.75, 3.05) is 20.3 Å². The number of rotatable bonds is 7. The van der Waals surface area contributed by atoms with Gasteiger partial charge in [-0.2, -0.15) is 13.2 Å². The zero-order chi connectivity index (χ0) is 15.2. The highest BCUT2D eigenvalue weighted by Gasteiger charge is 2.34. The van der Waals surface area contributed by atoms with Crippen molar-refractivity contribution in [3.05, 3.63) is 35.1 Å². The number of alkyl halides is 3. The molecule has 1 unspecified atom stereocenters. The molecule has 0 aromatic heterocycles. The first kappa shape index (κ1) is 16.9. The Bertz CT molecular complexity index is 423. The van der Waals surface area contributed by atoms with E-state index in [2.05, 4.69) is 5.32 Å². The van der Waals surface area contributed by atoms with Gasteiger partial charge in [0.05, 0.1) is 18.3 Å². The van der Waals surface area contributed by atoms with Gasteiger partial charge in [0.25, 0.3) is 0 Å². The van der Waals surface area contributed by atoms with Gasteiger partial charge in [-0.25, -0.2) is 4.39 Å². The summed E-state index contributed by atoms with van der Waals surface area (Å²) < 4.78 is 55.3. The van der Waals surface area contributed by atoms with Crippen LogP contribution in [0.1, 0.15) is 17.5 Å². The second-order valence-corrected chi connectivity index (χ2v) is 4.39. The Morgan fingerprint density at radius 1 is 1.35 bits per heavy atom. The van der Waals surface area contributed by atoms with Crippen molar-refractivity contribution >= 4 is 0 Å². The second kappa shape index (κ2) is 7.56. The fourth-order valence-electron chi connectivity index (χ4n) is 1.68. The van der Waals surface area contributed by atoms with Crippen LogP contribution >= 0.6 is 0 Å². The number of ether oxygens (including phenoxy) is 1. The van der Waals surface area contributed by atoms with Gasteiger partial charge in [0.15, 0.2) is 0 Å². The van der Waals surface area contributed by atoms with Crippen molar-refractivity contribution in [1.29, 1.82) is 0 Å². The fourth-order valence-corrected chi connectivity index (χ4v) is 1.68. The summed E-state index contributed by atoms with van der Waals surface area (Å²) in [6.07, 6.45) is -4.90. The van der Waals surface area contributed by atoms with E-state index in [1.807, 2.05) is 0 Å². The number of methoxy groups -OCH3 is 1. The Labute approximate surface area is 114 Å². The highest BCUT2D eigenvalue weighted by Crippen LogP contribution is 2.31. The Kier molecular flexibility index (Phi) is 6.38. The summed E-state index contributed by atoms with van der Waals surface area (Å²) >= 11 is 0. The summed E-state index contributed by atoms with van der Waals surface area (Å²) in [7, 11) is 1.47. The predicted octanol–water partition coefficient (Wildman–Crippen LogP) is 2.33. The molecule has 0 heterocycles. The average Bonchev–Trinajstić information content (AvgIpc) is 2.35. The van der Waals surface area contributed by atoms with Crippen LogP contribution in [0.4, 0.5) is 17.6 Å². The number of halogens is 4. The summed E-state index contributed by atoms with van der Waals surface area (Å²) in [6.45, 7) is 0.794. The van der Waals surface area contributed by atoms with Crippen LogP contribution in [0.15, 0.2) is 18.2 Å². The third-order valence-electron chi connectivity index (χ3n) is 2.68. The van der Waals surface area contributed by atoms with Gasteiger partial charge in [-0.3, -0.25) is 0 Å². The number of nitrogens with one attached hydrogen (secondary N) is 1. The van der Waals surface area contributed by atoms with Crippen molar-refractivity contribution < 1.29 is 27.4 Å². The average molecular weight is 295 g/mol. The number of aliphatic hydroxyl groups excluding tert-OH is 1. The number of aliphatic hydroxyl groups is 1. The van der Waals surface area contributed by atoms with E-state index in [4.69, 9.17) is 4.74 Å². The van der Waals surface area contributed by atoms with Gasteiger partial charge >= 0.3 is 6.18 Å². The van der Waals surface area contributed by atoms with Gasteiger partial charge in [-0.15, -0.1) is 0 Å². The first-order valence-corrected chi connectivity index (χ1v) is 6.08. The predicted molar refractivity (Wildman–Crippen MR) is 65.6 cm³/mol. The van der Waals surface area contributed by atoms with E-state index in [0.29, 0.717) is 18.5 Å². The van der Waals surface area contributed by atoms with Crippen LogP contribution in [0.3, 0.4) is 0 Å². The van der Waals surface area contributed by atoms with Gasteiger partial charge in [0.2, 0.25) is 0 Å². The molecule has 114 valence electrons. The van der Waals surface area contributed by atoms with Crippen molar-refractivity contribution in [1.82, 2.24) is 5.32 Å². The zero-order valence-corrected chi connectivity index (χ0v) is 11.0. The zero-order valence-electron chi connectivity index (χ0n) is 11.0. The molecule has 0 aliphatic rings. The number of benzene rings is 1. The molecular formula is C13H17F4NO2. The molecule has 7 heteroatoms. The lowest BCUT2D eigenvalue weighted by Crippen LogP contribution is -2.23. The van der Waals surface area contributed by atoms with E-state index in [1.165, 1.54) is 13.2 Å². The maximum absolute atomic E-state index is 13.1. The molecule has 0 aliphatic heterocycles. The van der Waals surface area contributed by atoms with Crippen molar-refractivity contribution in [2.45, 2.75) is 25.2 Å². The Morgan fingerprint density at radius 3 is 2.65 bits per heavy atom. The standard InChI is InChI=1S/C13H17F4NO2/c1-20-8-10(19)4-5-18-7-9-2-3-12(14)11(6-9)13(15,16)17/h2-3,6,10,18-19H,4-5,7-8H2,1H3. The molecule has 0 saturated heterocycles. The minimum atomic E-state index is -4.70. The maximum Gasteiger partial charge on any atom is 0.419 e. The topological polar surface area (TPSA) is 41.5 Å². The molecule has 2 N–H and O–H groups in total. The molecule has 3 nitrogen and oxygen atoms in total. The molecule has 0 saturated carbocycles. The van der Waals surface area contributed by atoms with Gasteiger partial charge in [0, 0.05) is 13.7 Å². The fraction of sp³-hybridized carbons (Fsp3) is 0.538. The van der Waals surface area contributed by atoms with Crippen molar-refractivity contribution in [3.63, 3.8) is 0 Å². The van der Waals surface area contributed by atoms with Gasteiger partial charge in [-0.1, -0.05) is 6.07 Å². The number of hydrogen-bond acceptors (Lipinski definition) is 3. The summed E-state index contributed by atoms with van der Waals surface area (Å²) in [5, 5.41) is 12.3. The Morgan fingerprint density at radius 2 is 2.05 bits per heavy atom. The van der Waals surface area contributed by atoms with E-state index in [1.54, 1.807) is 0 Å². The van der Waals surface area contributed by atoms with E-state index in [0.717, 1.165) is 12.1 Å². The number of hydrogen-bond donors (Lipinski definition) is 2. The van der Waals surface area contributed by atoms with Crippen molar-refractivity contribution in [2.24, 2.45) is 0 Å². The van der Waals surface area contributed by atoms with Crippen LogP contribution in [0.5, 0.6) is 0 Å². The normalized spacial score (nSPS) is 13.5. The first-order chi connectivity index (χ1) is 9.34.